The Balaban J connectivity index is 2.36. The van der Waals surface area contributed by atoms with Gasteiger partial charge in [0.05, 0.1) is 5.02 Å². The molecular weight excluding hydrogens is 353 g/mol. The van der Waals surface area contributed by atoms with Crippen molar-refractivity contribution in [2.45, 2.75) is 6.10 Å². The van der Waals surface area contributed by atoms with Crippen LogP contribution in [0.5, 0.6) is 0 Å². The average molecular weight is 363 g/mol. The maximum atomic E-state index is 13.0. The van der Waals surface area contributed by atoms with Crippen LogP contribution < -0.4 is 0 Å². The molecular formula is C13H9ClFIO. The first kappa shape index (κ1) is 12.8. The summed E-state index contributed by atoms with van der Waals surface area (Å²) in [5.74, 6) is -0.363. The number of rotatable bonds is 2. The highest BCUT2D eigenvalue weighted by atomic mass is 127. The molecule has 0 amide bonds. The molecule has 0 heterocycles. The molecule has 1 unspecified atom stereocenters. The molecule has 1 atom stereocenters. The SMILES string of the molecule is OC(c1cccc(F)c1)c1ccc(I)c(Cl)c1. The minimum Gasteiger partial charge on any atom is -0.384 e. The standard InChI is InChI=1S/C13H9ClFIO/c14-11-7-9(4-5-12(11)16)13(17)8-2-1-3-10(15)6-8/h1-7,13,17H. The largest absolute Gasteiger partial charge is 0.384 e. The van der Waals surface area contributed by atoms with Crippen LogP contribution in [0.3, 0.4) is 0 Å². The van der Waals surface area contributed by atoms with Crippen LogP contribution in [0.15, 0.2) is 42.5 Å². The van der Waals surface area contributed by atoms with Gasteiger partial charge in [0.25, 0.3) is 0 Å². The summed E-state index contributed by atoms with van der Waals surface area (Å²) in [6.07, 6.45) is -0.861. The van der Waals surface area contributed by atoms with E-state index in [4.69, 9.17) is 11.6 Å². The maximum Gasteiger partial charge on any atom is 0.123 e. The molecule has 88 valence electrons. The first-order chi connectivity index (χ1) is 8.08. The van der Waals surface area contributed by atoms with E-state index in [2.05, 4.69) is 22.6 Å². The smallest absolute Gasteiger partial charge is 0.123 e. The zero-order valence-electron chi connectivity index (χ0n) is 8.70. The van der Waals surface area contributed by atoms with Crippen LogP contribution in [0.2, 0.25) is 5.02 Å². The normalized spacial score (nSPS) is 12.5. The van der Waals surface area contributed by atoms with Gasteiger partial charge in [0.2, 0.25) is 0 Å². The van der Waals surface area contributed by atoms with Crippen LogP contribution in [0.25, 0.3) is 0 Å². The molecule has 1 nitrogen and oxygen atoms in total. The molecule has 0 saturated heterocycles. The van der Waals surface area contributed by atoms with E-state index < -0.39 is 6.10 Å². The van der Waals surface area contributed by atoms with Crippen molar-refractivity contribution in [3.05, 3.63) is 68.0 Å². The number of hydrogen-bond donors (Lipinski definition) is 1. The first-order valence-electron chi connectivity index (χ1n) is 4.96. The fourth-order valence-electron chi connectivity index (χ4n) is 1.55. The van der Waals surface area contributed by atoms with Gasteiger partial charge in [0.1, 0.15) is 11.9 Å². The van der Waals surface area contributed by atoms with E-state index in [1.165, 1.54) is 12.1 Å². The van der Waals surface area contributed by atoms with Crippen LogP contribution in [0.4, 0.5) is 4.39 Å². The lowest BCUT2D eigenvalue weighted by atomic mass is 10.0. The van der Waals surface area contributed by atoms with Gasteiger partial charge in [-0.05, 0) is 58.0 Å². The molecule has 0 fully saturated rings. The molecule has 0 aromatic heterocycles. The van der Waals surface area contributed by atoms with Gasteiger partial charge in [0.15, 0.2) is 0 Å². The third-order valence-corrected chi connectivity index (χ3v) is 4.00. The molecule has 0 aliphatic rings. The van der Waals surface area contributed by atoms with Crippen molar-refractivity contribution in [3.63, 3.8) is 0 Å². The summed E-state index contributed by atoms with van der Waals surface area (Å²) in [4.78, 5) is 0. The van der Waals surface area contributed by atoms with E-state index in [1.54, 1.807) is 24.3 Å². The second-order valence-electron chi connectivity index (χ2n) is 3.63. The molecule has 0 saturated carbocycles. The zero-order valence-corrected chi connectivity index (χ0v) is 11.6. The quantitative estimate of drug-likeness (QED) is 0.795. The predicted molar refractivity (Wildman–Crippen MR) is 74.6 cm³/mol. The molecule has 1 N–H and O–H groups in total. The van der Waals surface area contributed by atoms with Crippen LogP contribution in [0, 0.1) is 9.39 Å². The molecule has 0 radical (unpaired) electrons. The highest BCUT2D eigenvalue weighted by Gasteiger charge is 2.12. The Morgan fingerprint density at radius 2 is 1.82 bits per heavy atom. The Kier molecular flexibility index (Phi) is 4.01. The van der Waals surface area contributed by atoms with E-state index >= 15 is 0 Å². The summed E-state index contributed by atoms with van der Waals surface area (Å²) in [7, 11) is 0. The fraction of sp³-hybridized carbons (Fsp3) is 0.0769. The molecule has 0 aliphatic carbocycles. The predicted octanol–water partition coefficient (Wildman–Crippen LogP) is 4.17. The molecule has 2 rings (SSSR count). The van der Waals surface area contributed by atoms with Crippen molar-refractivity contribution < 1.29 is 9.50 Å². The van der Waals surface area contributed by atoms with Gasteiger partial charge in [-0.2, -0.15) is 0 Å². The molecule has 2 aromatic carbocycles. The van der Waals surface area contributed by atoms with Crippen LogP contribution >= 0.6 is 34.2 Å². The number of halogens is 3. The van der Waals surface area contributed by atoms with Crippen LogP contribution in [-0.4, -0.2) is 5.11 Å². The number of hydrogen-bond acceptors (Lipinski definition) is 1. The lowest BCUT2D eigenvalue weighted by molar-refractivity contribution is 0.220. The summed E-state index contributed by atoms with van der Waals surface area (Å²) >= 11 is 8.09. The Morgan fingerprint density at radius 3 is 2.47 bits per heavy atom. The van der Waals surface area contributed by atoms with Crippen LogP contribution in [0.1, 0.15) is 17.2 Å². The average Bonchev–Trinajstić information content (AvgIpc) is 2.32. The Bertz CT molecular complexity index is 545. The number of benzene rings is 2. The number of aliphatic hydroxyl groups excluding tert-OH is 1. The topological polar surface area (TPSA) is 20.2 Å². The molecule has 2 aromatic rings. The Labute approximate surface area is 117 Å². The Hall–Kier alpha value is -0.650. The minimum atomic E-state index is -0.861. The van der Waals surface area contributed by atoms with Crippen LogP contribution in [-0.2, 0) is 0 Å². The summed E-state index contributed by atoms with van der Waals surface area (Å²) in [5.41, 5.74) is 1.17. The first-order valence-corrected chi connectivity index (χ1v) is 6.42. The van der Waals surface area contributed by atoms with Crippen molar-refractivity contribution >= 4 is 34.2 Å². The maximum absolute atomic E-state index is 13.0. The second kappa shape index (κ2) is 5.33. The van der Waals surface area contributed by atoms with E-state index in [1.807, 2.05) is 6.07 Å². The molecule has 0 aliphatic heterocycles. The van der Waals surface area contributed by atoms with E-state index in [0.29, 0.717) is 16.1 Å². The van der Waals surface area contributed by atoms with Crippen molar-refractivity contribution in [2.75, 3.05) is 0 Å². The van der Waals surface area contributed by atoms with Gasteiger partial charge in [-0.15, -0.1) is 0 Å². The van der Waals surface area contributed by atoms with Gasteiger partial charge < -0.3 is 5.11 Å². The van der Waals surface area contributed by atoms with Gasteiger partial charge in [0, 0.05) is 3.57 Å². The monoisotopic (exact) mass is 362 g/mol. The minimum absolute atomic E-state index is 0.363. The molecule has 4 heteroatoms. The molecule has 0 bridgehead atoms. The number of aliphatic hydroxyl groups is 1. The van der Waals surface area contributed by atoms with Gasteiger partial charge in [-0.1, -0.05) is 29.8 Å². The third kappa shape index (κ3) is 2.97. The van der Waals surface area contributed by atoms with Gasteiger partial charge in [-0.3, -0.25) is 0 Å². The summed E-state index contributed by atoms with van der Waals surface area (Å²) in [5, 5.41) is 10.7. The van der Waals surface area contributed by atoms with E-state index in [-0.39, 0.29) is 5.82 Å². The van der Waals surface area contributed by atoms with Crippen molar-refractivity contribution in [1.82, 2.24) is 0 Å². The van der Waals surface area contributed by atoms with Gasteiger partial charge >= 0.3 is 0 Å². The Morgan fingerprint density at radius 1 is 1.12 bits per heavy atom. The second-order valence-corrected chi connectivity index (χ2v) is 5.20. The van der Waals surface area contributed by atoms with Crippen molar-refractivity contribution in [2.24, 2.45) is 0 Å². The van der Waals surface area contributed by atoms with Crippen molar-refractivity contribution in [3.8, 4) is 0 Å². The van der Waals surface area contributed by atoms with Gasteiger partial charge in [-0.25, -0.2) is 4.39 Å². The van der Waals surface area contributed by atoms with E-state index in [9.17, 15) is 9.50 Å². The highest BCUT2D eigenvalue weighted by Crippen LogP contribution is 2.27. The van der Waals surface area contributed by atoms with E-state index in [0.717, 1.165) is 3.57 Å². The molecule has 0 spiro atoms. The summed E-state index contributed by atoms with van der Waals surface area (Å²) in [6, 6.07) is 11.2. The zero-order chi connectivity index (χ0) is 12.4. The third-order valence-electron chi connectivity index (χ3n) is 2.42. The summed E-state index contributed by atoms with van der Waals surface area (Å²) in [6.45, 7) is 0. The summed E-state index contributed by atoms with van der Waals surface area (Å²) < 4.78 is 14.0. The molecule has 17 heavy (non-hydrogen) atoms. The van der Waals surface area contributed by atoms with Crippen molar-refractivity contribution in [1.29, 1.82) is 0 Å². The lowest BCUT2D eigenvalue weighted by Gasteiger charge is -2.12. The lowest BCUT2D eigenvalue weighted by Crippen LogP contribution is -2.00. The fourth-order valence-corrected chi connectivity index (χ4v) is 2.08. The highest BCUT2D eigenvalue weighted by molar-refractivity contribution is 14.1.